The number of halogens is 1. The Balaban J connectivity index is 2.01. The molecule has 0 fully saturated rings. The number of oxazole rings is 1. The summed E-state index contributed by atoms with van der Waals surface area (Å²) in [6.45, 7) is 2.37. The van der Waals surface area contributed by atoms with Crippen LogP contribution in [-0.2, 0) is 13.0 Å². The van der Waals surface area contributed by atoms with Crippen LogP contribution in [0.25, 0.3) is 11.6 Å². The molecule has 0 aliphatic carbocycles. The summed E-state index contributed by atoms with van der Waals surface area (Å²) in [4.78, 5) is 4.14. The predicted octanol–water partition coefficient (Wildman–Crippen LogP) is 3.29. The highest BCUT2D eigenvalue weighted by Gasteiger charge is 2.14. The smallest absolute Gasteiger partial charge is 0.244 e. The third-order valence-corrected chi connectivity index (χ3v) is 3.12. The van der Waals surface area contributed by atoms with Gasteiger partial charge in [0, 0.05) is 5.56 Å². The first kappa shape index (κ1) is 12.6. The maximum absolute atomic E-state index is 13.8. The minimum absolute atomic E-state index is 0.237. The third kappa shape index (κ3) is 2.34. The molecule has 102 valence electrons. The molecule has 1 aromatic carbocycles. The van der Waals surface area contributed by atoms with E-state index < -0.39 is 0 Å². The van der Waals surface area contributed by atoms with Gasteiger partial charge in [0.2, 0.25) is 5.89 Å². The summed E-state index contributed by atoms with van der Waals surface area (Å²) >= 11 is 0. The number of hydrogen-bond donors (Lipinski definition) is 0. The van der Waals surface area contributed by atoms with Gasteiger partial charge in [0.15, 0.2) is 0 Å². The second-order valence-corrected chi connectivity index (χ2v) is 4.46. The van der Waals surface area contributed by atoms with E-state index in [0.29, 0.717) is 18.0 Å². The first-order chi connectivity index (χ1) is 9.78. The molecular formula is C15H14FN3O. The highest BCUT2D eigenvalue weighted by molar-refractivity contribution is 5.48. The quantitative estimate of drug-likeness (QED) is 0.731. The maximum Gasteiger partial charge on any atom is 0.244 e. The average Bonchev–Trinajstić information content (AvgIpc) is 3.10. The van der Waals surface area contributed by atoms with Crippen molar-refractivity contribution in [2.75, 3.05) is 0 Å². The van der Waals surface area contributed by atoms with E-state index in [9.17, 15) is 4.39 Å². The first-order valence-corrected chi connectivity index (χ1v) is 6.48. The van der Waals surface area contributed by atoms with Gasteiger partial charge in [-0.3, -0.25) is 4.68 Å². The Hall–Kier alpha value is -2.43. The van der Waals surface area contributed by atoms with Crippen molar-refractivity contribution in [1.82, 2.24) is 14.8 Å². The molecule has 2 heterocycles. The van der Waals surface area contributed by atoms with Crippen molar-refractivity contribution in [3.8, 4) is 11.6 Å². The zero-order valence-corrected chi connectivity index (χ0v) is 11.1. The van der Waals surface area contributed by atoms with E-state index in [0.717, 1.165) is 17.8 Å². The lowest BCUT2D eigenvalue weighted by atomic mass is 10.2. The Bertz CT molecular complexity index is 704. The topological polar surface area (TPSA) is 43.9 Å². The zero-order valence-electron chi connectivity index (χ0n) is 11.1. The molecule has 3 rings (SSSR count). The summed E-state index contributed by atoms with van der Waals surface area (Å²) in [7, 11) is 0. The van der Waals surface area contributed by atoms with Gasteiger partial charge in [0.25, 0.3) is 0 Å². The van der Waals surface area contributed by atoms with Crippen LogP contribution in [0.5, 0.6) is 0 Å². The monoisotopic (exact) mass is 271 g/mol. The minimum atomic E-state index is -0.237. The molecule has 0 spiro atoms. The SMILES string of the molecule is CCc1cc(-c2ncco2)n(Cc2ccccc2F)n1. The van der Waals surface area contributed by atoms with Gasteiger partial charge < -0.3 is 4.42 Å². The number of hydrogen-bond acceptors (Lipinski definition) is 3. The lowest BCUT2D eigenvalue weighted by molar-refractivity contribution is 0.552. The van der Waals surface area contributed by atoms with Gasteiger partial charge in [-0.05, 0) is 18.6 Å². The molecule has 0 radical (unpaired) electrons. The number of benzene rings is 1. The van der Waals surface area contributed by atoms with E-state index in [1.807, 2.05) is 19.1 Å². The van der Waals surface area contributed by atoms with Gasteiger partial charge in [-0.25, -0.2) is 9.37 Å². The predicted molar refractivity (Wildman–Crippen MR) is 72.6 cm³/mol. The van der Waals surface area contributed by atoms with Crippen molar-refractivity contribution in [1.29, 1.82) is 0 Å². The molecule has 2 aromatic heterocycles. The highest BCUT2D eigenvalue weighted by Crippen LogP contribution is 2.21. The van der Waals surface area contributed by atoms with Crippen molar-refractivity contribution < 1.29 is 8.81 Å². The molecule has 4 nitrogen and oxygen atoms in total. The van der Waals surface area contributed by atoms with E-state index in [4.69, 9.17) is 4.42 Å². The summed E-state index contributed by atoms with van der Waals surface area (Å²) in [5, 5.41) is 4.47. The molecule has 3 aromatic rings. The summed E-state index contributed by atoms with van der Waals surface area (Å²) < 4.78 is 20.8. The van der Waals surface area contributed by atoms with Crippen molar-refractivity contribution in [2.45, 2.75) is 19.9 Å². The second-order valence-electron chi connectivity index (χ2n) is 4.46. The molecule has 0 aliphatic rings. The molecule has 0 unspecified atom stereocenters. The van der Waals surface area contributed by atoms with Crippen LogP contribution in [0.1, 0.15) is 18.2 Å². The number of rotatable bonds is 4. The van der Waals surface area contributed by atoms with Crippen molar-refractivity contribution >= 4 is 0 Å². The van der Waals surface area contributed by atoms with Crippen LogP contribution < -0.4 is 0 Å². The van der Waals surface area contributed by atoms with E-state index in [2.05, 4.69) is 10.1 Å². The summed E-state index contributed by atoms with van der Waals surface area (Å²) in [5.74, 6) is 0.257. The second kappa shape index (κ2) is 5.28. The van der Waals surface area contributed by atoms with Crippen LogP contribution in [0.3, 0.4) is 0 Å². The molecular weight excluding hydrogens is 257 g/mol. The van der Waals surface area contributed by atoms with Crippen molar-refractivity contribution in [3.63, 3.8) is 0 Å². The molecule has 0 N–H and O–H groups in total. The summed E-state index contributed by atoms with van der Waals surface area (Å²) in [6.07, 6.45) is 3.90. The number of aryl methyl sites for hydroxylation is 1. The Morgan fingerprint density at radius 2 is 2.15 bits per heavy atom. The van der Waals surface area contributed by atoms with Crippen LogP contribution in [0.4, 0.5) is 4.39 Å². The molecule has 0 atom stereocenters. The lowest BCUT2D eigenvalue weighted by Gasteiger charge is -2.06. The van der Waals surface area contributed by atoms with Crippen LogP contribution in [-0.4, -0.2) is 14.8 Å². The molecule has 0 bridgehead atoms. The van der Waals surface area contributed by atoms with E-state index in [1.54, 1.807) is 23.0 Å². The van der Waals surface area contributed by atoms with Crippen molar-refractivity contribution in [3.05, 3.63) is 59.9 Å². The fraction of sp³-hybridized carbons (Fsp3) is 0.200. The van der Waals surface area contributed by atoms with E-state index >= 15 is 0 Å². The lowest BCUT2D eigenvalue weighted by Crippen LogP contribution is -2.06. The Kier molecular flexibility index (Phi) is 3.33. The Labute approximate surface area is 115 Å². The van der Waals surface area contributed by atoms with Gasteiger partial charge in [-0.15, -0.1) is 0 Å². The first-order valence-electron chi connectivity index (χ1n) is 6.48. The van der Waals surface area contributed by atoms with Crippen LogP contribution in [0.2, 0.25) is 0 Å². The normalized spacial score (nSPS) is 10.9. The van der Waals surface area contributed by atoms with Gasteiger partial charge in [0.1, 0.15) is 17.8 Å². The van der Waals surface area contributed by atoms with Gasteiger partial charge in [0.05, 0.1) is 18.4 Å². The van der Waals surface area contributed by atoms with Gasteiger partial charge >= 0.3 is 0 Å². The zero-order chi connectivity index (χ0) is 13.9. The fourth-order valence-electron chi connectivity index (χ4n) is 2.07. The van der Waals surface area contributed by atoms with Gasteiger partial charge in [-0.2, -0.15) is 5.10 Å². The van der Waals surface area contributed by atoms with Crippen LogP contribution in [0, 0.1) is 5.82 Å². The molecule has 0 saturated heterocycles. The van der Waals surface area contributed by atoms with E-state index in [-0.39, 0.29) is 5.82 Å². The van der Waals surface area contributed by atoms with E-state index in [1.165, 1.54) is 12.3 Å². The standard InChI is InChI=1S/C15H14FN3O/c1-2-12-9-14(15-17-7-8-20-15)19(18-12)10-11-5-3-4-6-13(11)16/h3-9H,2,10H2,1H3. The minimum Gasteiger partial charge on any atom is -0.443 e. The molecule has 5 heteroatoms. The summed E-state index contributed by atoms with van der Waals surface area (Å²) in [6, 6.07) is 8.61. The number of nitrogens with zero attached hydrogens (tertiary/aromatic N) is 3. The van der Waals surface area contributed by atoms with Gasteiger partial charge in [-0.1, -0.05) is 25.1 Å². The Morgan fingerprint density at radius 3 is 2.85 bits per heavy atom. The average molecular weight is 271 g/mol. The third-order valence-electron chi connectivity index (χ3n) is 3.12. The largest absolute Gasteiger partial charge is 0.443 e. The fourth-order valence-corrected chi connectivity index (χ4v) is 2.07. The molecule has 20 heavy (non-hydrogen) atoms. The Morgan fingerprint density at radius 1 is 1.30 bits per heavy atom. The van der Waals surface area contributed by atoms with Crippen LogP contribution >= 0.6 is 0 Å². The summed E-state index contributed by atoms with van der Waals surface area (Å²) in [5.41, 5.74) is 2.27. The molecule has 0 aliphatic heterocycles. The maximum atomic E-state index is 13.8. The van der Waals surface area contributed by atoms with Crippen molar-refractivity contribution in [2.24, 2.45) is 0 Å². The molecule has 0 saturated carbocycles. The van der Waals surface area contributed by atoms with Crippen LogP contribution in [0.15, 0.2) is 47.2 Å². The number of aromatic nitrogens is 3. The highest BCUT2D eigenvalue weighted by atomic mass is 19.1. The molecule has 0 amide bonds.